The molecule has 3 amide bonds. The molecule has 178 valence electrons. The monoisotopic (exact) mass is 462 g/mol. The van der Waals surface area contributed by atoms with Crippen molar-refractivity contribution in [2.75, 3.05) is 36.9 Å². The molecule has 2 aliphatic heterocycles. The molecule has 1 aliphatic carbocycles. The summed E-state index contributed by atoms with van der Waals surface area (Å²) in [6.45, 7) is 1.91. The van der Waals surface area contributed by atoms with Crippen LogP contribution in [0.1, 0.15) is 36.8 Å². The van der Waals surface area contributed by atoms with Crippen molar-refractivity contribution in [3.05, 3.63) is 53.7 Å². The van der Waals surface area contributed by atoms with E-state index in [0.717, 1.165) is 36.8 Å². The molecule has 1 aromatic heterocycles. The van der Waals surface area contributed by atoms with Gasteiger partial charge in [0.2, 0.25) is 17.7 Å². The smallest absolute Gasteiger partial charge is 0.243 e. The van der Waals surface area contributed by atoms with Gasteiger partial charge in [0.15, 0.2) is 0 Å². The minimum atomic E-state index is -0.352. The molecule has 1 atom stereocenters. The lowest BCUT2D eigenvalue weighted by Crippen LogP contribution is -2.52. The Balaban J connectivity index is 1.17. The highest BCUT2D eigenvalue weighted by atomic mass is 16.5. The van der Waals surface area contributed by atoms with E-state index in [1.807, 2.05) is 24.3 Å². The fourth-order valence-electron chi connectivity index (χ4n) is 5.45. The molecule has 1 spiro atoms. The van der Waals surface area contributed by atoms with E-state index < -0.39 is 0 Å². The highest BCUT2D eigenvalue weighted by Gasteiger charge is 2.45. The van der Waals surface area contributed by atoms with Crippen molar-refractivity contribution in [2.24, 2.45) is 11.3 Å². The zero-order valence-corrected chi connectivity index (χ0v) is 19.2. The number of likely N-dealkylation sites (tertiary alicyclic amines) is 1. The van der Waals surface area contributed by atoms with Gasteiger partial charge in [0, 0.05) is 37.6 Å². The van der Waals surface area contributed by atoms with Crippen molar-refractivity contribution in [1.29, 1.82) is 0 Å². The maximum atomic E-state index is 13.1. The summed E-state index contributed by atoms with van der Waals surface area (Å²) in [7, 11) is 0. The largest absolute Gasteiger partial charge is 0.381 e. The van der Waals surface area contributed by atoms with Gasteiger partial charge in [-0.2, -0.15) is 0 Å². The third-order valence-electron chi connectivity index (χ3n) is 7.32. The number of aromatic nitrogens is 1. The Morgan fingerprint density at radius 1 is 1.06 bits per heavy atom. The molecule has 2 N–H and O–H groups in total. The lowest BCUT2D eigenvalue weighted by Gasteiger charge is -2.43. The second-order valence-corrected chi connectivity index (χ2v) is 9.56. The third-order valence-corrected chi connectivity index (χ3v) is 7.32. The summed E-state index contributed by atoms with van der Waals surface area (Å²) >= 11 is 0. The van der Waals surface area contributed by atoms with Gasteiger partial charge in [0.05, 0.1) is 12.0 Å². The average Bonchev–Trinajstić information content (AvgIpc) is 3.27. The SMILES string of the molecule is O=C(CN1CCCC2(CCOCC2)C1=O)Nc1ccc2c(c1)CC(C(=O)Nc1ccccn1)C2. The molecule has 1 aromatic carbocycles. The molecule has 3 aliphatic rings. The molecule has 3 heterocycles. The zero-order valence-electron chi connectivity index (χ0n) is 19.2. The van der Waals surface area contributed by atoms with Crippen LogP contribution in [0, 0.1) is 11.3 Å². The maximum absolute atomic E-state index is 13.1. The van der Waals surface area contributed by atoms with Crippen LogP contribution in [0.25, 0.3) is 0 Å². The predicted octanol–water partition coefficient (Wildman–Crippen LogP) is 2.79. The van der Waals surface area contributed by atoms with Gasteiger partial charge >= 0.3 is 0 Å². The topological polar surface area (TPSA) is 101 Å². The second kappa shape index (κ2) is 9.54. The Kier molecular flexibility index (Phi) is 6.32. The van der Waals surface area contributed by atoms with Gasteiger partial charge in [-0.3, -0.25) is 14.4 Å². The lowest BCUT2D eigenvalue weighted by atomic mass is 9.73. The quantitative estimate of drug-likeness (QED) is 0.712. The maximum Gasteiger partial charge on any atom is 0.243 e. The van der Waals surface area contributed by atoms with Gasteiger partial charge in [-0.1, -0.05) is 12.1 Å². The number of rotatable bonds is 5. The van der Waals surface area contributed by atoms with Gasteiger partial charge in [-0.25, -0.2) is 4.98 Å². The molecule has 1 unspecified atom stereocenters. The highest BCUT2D eigenvalue weighted by Crippen LogP contribution is 2.40. The van der Waals surface area contributed by atoms with Gasteiger partial charge in [-0.15, -0.1) is 0 Å². The number of nitrogens with zero attached hydrogens (tertiary/aromatic N) is 2. The van der Waals surface area contributed by atoms with E-state index in [9.17, 15) is 14.4 Å². The zero-order chi connectivity index (χ0) is 23.5. The van der Waals surface area contributed by atoms with Crippen LogP contribution in [0.4, 0.5) is 11.5 Å². The molecule has 5 rings (SSSR count). The second-order valence-electron chi connectivity index (χ2n) is 9.56. The minimum Gasteiger partial charge on any atom is -0.381 e. The summed E-state index contributed by atoms with van der Waals surface area (Å²) in [6, 6.07) is 11.2. The first-order valence-electron chi connectivity index (χ1n) is 12.0. The van der Waals surface area contributed by atoms with Crippen LogP contribution in [-0.2, 0) is 32.0 Å². The van der Waals surface area contributed by atoms with E-state index in [1.165, 1.54) is 0 Å². The summed E-state index contributed by atoms with van der Waals surface area (Å²) in [5.74, 6) is 0.231. The number of pyridine rings is 1. The molecule has 2 saturated heterocycles. The Hall–Kier alpha value is -3.26. The van der Waals surface area contributed by atoms with Crippen molar-refractivity contribution < 1.29 is 19.1 Å². The van der Waals surface area contributed by atoms with E-state index in [-0.39, 0.29) is 35.6 Å². The first kappa shape index (κ1) is 22.5. The number of carbonyl (C=O) groups excluding carboxylic acids is 3. The third kappa shape index (κ3) is 4.68. The number of fused-ring (bicyclic) bond motifs is 1. The molecule has 8 heteroatoms. The summed E-state index contributed by atoms with van der Waals surface area (Å²) < 4.78 is 5.45. The van der Waals surface area contributed by atoms with Crippen LogP contribution in [0.5, 0.6) is 0 Å². The van der Waals surface area contributed by atoms with Gasteiger partial charge in [0.25, 0.3) is 0 Å². The number of piperidine rings is 1. The van der Waals surface area contributed by atoms with Crippen LogP contribution >= 0.6 is 0 Å². The van der Waals surface area contributed by atoms with Crippen LogP contribution in [-0.4, -0.2) is 53.9 Å². The first-order valence-corrected chi connectivity index (χ1v) is 12.0. The lowest BCUT2D eigenvalue weighted by molar-refractivity contribution is -0.154. The van der Waals surface area contributed by atoms with E-state index in [0.29, 0.717) is 44.1 Å². The number of hydrogen-bond donors (Lipinski definition) is 2. The fourth-order valence-corrected chi connectivity index (χ4v) is 5.45. The molecular weight excluding hydrogens is 432 g/mol. The van der Waals surface area contributed by atoms with E-state index in [2.05, 4.69) is 15.6 Å². The summed E-state index contributed by atoms with van der Waals surface area (Å²) in [5, 5.41) is 5.82. The van der Waals surface area contributed by atoms with E-state index >= 15 is 0 Å². The number of amides is 3. The Morgan fingerprint density at radius 2 is 1.88 bits per heavy atom. The van der Waals surface area contributed by atoms with Crippen molar-refractivity contribution in [3.63, 3.8) is 0 Å². The van der Waals surface area contributed by atoms with Gasteiger partial charge in [-0.05, 0) is 73.9 Å². The minimum absolute atomic E-state index is 0.0499. The normalized spacial score (nSPS) is 21.2. The average molecular weight is 463 g/mol. The number of hydrogen-bond acceptors (Lipinski definition) is 5. The number of benzene rings is 1. The standard InChI is InChI=1S/C26H30N4O4/c31-23(17-30-11-3-7-26(25(30)33)8-12-34-13-9-26)28-21-6-5-18-14-20(15-19(18)16-21)24(32)29-22-4-1-2-10-27-22/h1-2,4-6,10,16,20H,3,7-9,11-15,17H2,(H,28,31)(H,27,29,32). The van der Waals surface area contributed by atoms with E-state index in [4.69, 9.17) is 4.74 Å². The number of carbonyl (C=O) groups is 3. The number of nitrogens with one attached hydrogen (secondary N) is 2. The Morgan fingerprint density at radius 3 is 2.68 bits per heavy atom. The summed E-state index contributed by atoms with van der Waals surface area (Å²) in [4.78, 5) is 44.4. The number of ether oxygens (including phenoxy) is 1. The van der Waals surface area contributed by atoms with Crippen LogP contribution in [0.15, 0.2) is 42.6 Å². The highest BCUT2D eigenvalue weighted by molar-refractivity contribution is 5.96. The van der Waals surface area contributed by atoms with Crippen LogP contribution in [0.3, 0.4) is 0 Å². The van der Waals surface area contributed by atoms with Crippen molar-refractivity contribution in [2.45, 2.75) is 38.5 Å². The summed E-state index contributed by atoms with van der Waals surface area (Å²) in [6.07, 6.45) is 6.21. The van der Waals surface area contributed by atoms with Crippen molar-refractivity contribution >= 4 is 29.2 Å². The molecule has 0 bridgehead atoms. The fraction of sp³-hybridized carbons (Fsp3) is 0.462. The number of anilines is 2. The van der Waals surface area contributed by atoms with Gasteiger partial charge in [0.1, 0.15) is 5.82 Å². The molecule has 2 aromatic rings. The molecule has 2 fully saturated rings. The Bertz CT molecular complexity index is 1080. The molecule has 0 saturated carbocycles. The summed E-state index contributed by atoms with van der Waals surface area (Å²) in [5.41, 5.74) is 2.52. The molecule has 8 nitrogen and oxygen atoms in total. The molecule has 0 radical (unpaired) electrons. The van der Waals surface area contributed by atoms with E-state index in [1.54, 1.807) is 23.2 Å². The Labute approximate surface area is 199 Å². The molecular formula is C26H30N4O4. The van der Waals surface area contributed by atoms with Crippen LogP contribution < -0.4 is 10.6 Å². The molecule has 34 heavy (non-hydrogen) atoms. The first-order chi connectivity index (χ1) is 16.5. The van der Waals surface area contributed by atoms with Gasteiger partial charge < -0.3 is 20.3 Å². The predicted molar refractivity (Wildman–Crippen MR) is 127 cm³/mol. The van der Waals surface area contributed by atoms with Crippen molar-refractivity contribution in [3.8, 4) is 0 Å². The van der Waals surface area contributed by atoms with Crippen molar-refractivity contribution in [1.82, 2.24) is 9.88 Å². The van der Waals surface area contributed by atoms with Crippen LogP contribution in [0.2, 0.25) is 0 Å².